The van der Waals surface area contributed by atoms with Crippen LogP contribution in [0.2, 0.25) is 0 Å². The minimum Gasteiger partial charge on any atom is -0.331 e. The predicted octanol–water partition coefficient (Wildman–Crippen LogP) is 1.05. The van der Waals surface area contributed by atoms with E-state index in [1.54, 1.807) is 6.07 Å². The molecular weight excluding hydrogens is 256 g/mol. The molecule has 1 aromatic heterocycles. The van der Waals surface area contributed by atoms with Crippen molar-refractivity contribution in [3.8, 4) is 6.07 Å². The Bertz CT molecular complexity index is 668. The summed E-state index contributed by atoms with van der Waals surface area (Å²) in [4.78, 5) is 23.0. The molecule has 3 rings (SSSR count). The number of nitrogens with zero attached hydrogens (tertiary/aromatic N) is 3. The minimum absolute atomic E-state index is 0.174. The summed E-state index contributed by atoms with van der Waals surface area (Å²) in [6.45, 7) is 0. The Labute approximate surface area is 115 Å². The maximum Gasteiger partial charge on any atom is 0.231 e. The normalized spacial score (nSPS) is 18.9. The number of hydrogen-bond donors (Lipinski definition) is 1. The summed E-state index contributed by atoms with van der Waals surface area (Å²) in [5.41, 5.74) is 1.96. The molecule has 0 unspecified atom stereocenters. The molecular formula is C14H12N4O2. The van der Waals surface area contributed by atoms with Crippen LogP contribution in [0, 0.1) is 11.3 Å². The Morgan fingerprint density at radius 2 is 2.10 bits per heavy atom. The summed E-state index contributed by atoms with van der Waals surface area (Å²) in [5.74, 6) is -0.264. The van der Waals surface area contributed by atoms with E-state index in [0.29, 0.717) is 22.9 Å². The smallest absolute Gasteiger partial charge is 0.231 e. The predicted molar refractivity (Wildman–Crippen MR) is 69.1 cm³/mol. The van der Waals surface area contributed by atoms with E-state index in [-0.39, 0.29) is 18.1 Å². The number of nitrogens with one attached hydrogen (secondary N) is 1. The summed E-state index contributed by atoms with van der Waals surface area (Å²) in [5, 5.41) is 19.4. The van der Waals surface area contributed by atoms with Gasteiger partial charge in [0.25, 0.3) is 0 Å². The number of amides is 1. The Morgan fingerprint density at radius 1 is 1.30 bits per heavy atom. The summed E-state index contributed by atoms with van der Waals surface area (Å²) >= 11 is 0. The van der Waals surface area contributed by atoms with Crippen LogP contribution in [0.5, 0.6) is 0 Å². The largest absolute Gasteiger partial charge is 0.331 e. The first kappa shape index (κ1) is 12.5. The zero-order valence-corrected chi connectivity index (χ0v) is 10.7. The lowest BCUT2D eigenvalue weighted by Crippen LogP contribution is -2.27. The Hall–Kier alpha value is -2.55. The molecule has 1 fully saturated rings. The van der Waals surface area contributed by atoms with E-state index in [0.717, 1.165) is 24.8 Å². The Kier molecular flexibility index (Phi) is 3.03. The van der Waals surface area contributed by atoms with Gasteiger partial charge in [-0.25, -0.2) is 0 Å². The molecule has 0 saturated heterocycles. The molecule has 0 bridgehead atoms. The van der Waals surface area contributed by atoms with E-state index < -0.39 is 0 Å². The molecule has 2 aliphatic rings. The van der Waals surface area contributed by atoms with Crippen LogP contribution in [0.15, 0.2) is 12.3 Å². The van der Waals surface area contributed by atoms with Crippen molar-refractivity contribution in [2.24, 2.45) is 0 Å². The van der Waals surface area contributed by atoms with Gasteiger partial charge in [-0.3, -0.25) is 9.59 Å². The zero-order chi connectivity index (χ0) is 14.1. The summed E-state index contributed by atoms with van der Waals surface area (Å²) < 4.78 is 0. The molecule has 1 amide bonds. The summed E-state index contributed by atoms with van der Waals surface area (Å²) in [6, 6.07) is 3.81. The number of Topliss-reactive ketones (excluding diaryl/α,β-unsaturated/α-hetero) is 1. The maximum absolute atomic E-state index is 11.9. The van der Waals surface area contributed by atoms with E-state index >= 15 is 0 Å². The van der Waals surface area contributed by atoms with Crippen molar-refractivity contribution in [2.45, 2.75) is 31.6 Å². The first-order chi connectivity index (χ1) is 9.69. The molecule has 0 atom stereocenters. The third-order valence-electron chi connectivity index (χ3n) is 3.75. The molecule has 0 radical (unpaired) electrons. The highest BCUT2D eigenvalue weighted by Crippen LogP contribution is 2.38. The first-order valence-corrected chi connectivity index (χ1v) is 6.50. The second-order valence-electron chi connectivity index (χ2n) is 5.00. The van der Waals surface area contributed by atoms with Gasteiger partial charge in [0.05, 0.1) is 17.7 Å². The monoisotopic (exact) mass is 268 g/mol. The molecule has 1 N–H and O–H groups in total. The van der Waals surface area contributed by atoms with Gasteiger partial charge in [0, 0.05) is 6.20 Å². The van der Waals surface area contributed by atoms with Gasteiger partial charge < -0.3 is 5.32 Å². The third kappa shape index (κ3) is 2.07. The molecule has 1 aromatic rings. The zero-order valence-electron chi connectivity index (χ0n) is 10.7. The highest BCUT2D eigenvalue weighted by molar-refractivity contribution is 6.27. The highest BCUT2D eigenvalue weighted by atomic mass is 16.2. The van der Waals surface area contributed by atoms with Gasteiger partial charge >= 0.3 is 0 Å². The van der Waals surface area contributed by atoms with E-state index in [2.05, 4.69) is 15.5 Å². The number of carbonyl (C=O) groups excluding carboxylic acids is 2. The third-order valence-corrected chi connectivity index (χ3v) is 3.75. The number of ketones is 1. The number of aromatic nitrogens is 2. The lowest BCUT2D eigenvalue weighted by Gasteiger charge is -2.26. The number of allylic oxidation sites excluding steroid dienone is 1. The molecule has 100 valence electrons. The lowest BCUT2D eigenvalue weighted by molar-refractivity contribution is -0.125. The molecule has 6 heteroatoms. The summed E-state index contributed by atoms with van der Waals surface area (Å²) in [7, 11) is 0. The number of hydrogen-bond acceptors (Lipinski definition) is 5. The average Bonchev–Trinajstić information content (AvgIpc) is 2.37. The second-order valence-corrected chi connectivity index (χ2v) is 5.00. The van der Waals surface area contributed by atoms with E-state index in [1.165, 1.54) is 6.20 Å². The van der Waals surface area contributed by atoms with E-state index in [4.69, 9.17) is 5.26 Å². The van der Waals surface area contributed by atoms with E-state index in [9.17, 15) is 9.59 Å². The molecule has 20 heavy (non-hydrogen) atoms. The number of nitriles is 1. The van der Waals surface area contributed by atoms with Gasteiger partial charge in [0.1, 0.15) is 6.07 Å². The Balaban J connectivity index is 2.01. The second kappa shape index (κ2) is 4.85. The average molecular weight is 268 g/mol. The first-order valence-electron chi connectivity index (χ1n) is 6.50. The van der Waals surface area contributed by atoms with E-state index in [1.807, 2.05) is 6.07 Å². The molecule has 2 heterocycles. The molecule has 0 aromatic carbocycles. The van der Waals surface area contributed by atoms with Crippen molar-refractivity contribution in [3.05, 3.63) is 29.2 Å². The van der Waals surface area contributed by atoms with Gasteiger partial charge in [-0.1, -0.05) is 6.42 Å². The minimum atomic E-state index is -0.320. The topological polar surface area (TPSA) is 95.7 Å². The van der Waals surface area contributed by atoms with Crippen LogP contribution < -0.4 is 5.32 Å². The van der Waals surface area contributed by atoms with Crippen molar-refractivity contribution < 1.29 is 9.59 Å². The van der Waals surface area contributed by atoms with Crippen molar-refractivity contribution in [1.29, 1.82) is 5.26 Å². The van der Waals surface area contributed by atoms with Crippen molar-refractivity contribution in [1.82, 2.24) is 15.5 Å². The van der Waals surface area contributed by atoms with Gasteiger partial charge in [-0.2, -0.15) is 5.26 Å². The molecule has 1 saturated carbocycles. The van der Waals surface area contributed by atoms with Gasteiger partial charge in [-0.15, -0.1) is 10.2 Å². The lowest BCUT2D eigenvalue weighted by atomic mass is 9.79. The van der Waals surface area contributed by atoms with Crippen molar-refractivity contribution in [2.75, 3.05) is 0 Å². The van der Waals surface area contributed by atoms with Crippen LogP contribution in [-0.4, -0.2) is 21.9 Å². The van der Waals surface area contributed by atoms with Gasteiger partial charge in [0.2, 0.25) is 5.91 Å². The molecule has 0 spiro atoms. The van der Waals surface area contributed by atoms with Crippen molar-refractivity contribution >= 4 is 17.3 Å². The quantitative estimate of drug-likeness (QED) is 0.809. The molecule has 1 aliphatic carbocycles. The van der Waals surface area contributed by atoms with Crippen molar-refractivity contribution in [3.63, 3.8) is 0 Å². The number of rotatable bonds is 2. The van der Waals surface area contributed by atoms with Crippen LogP contribution in [0.3, 0.4) is 0 Å². The fourth-order valence-electron chi connectivity index (χ4n) is 2.40. The van der Waals surface area contributed by atoms with Crippen LogP contribution in [-0.2, 0) is 9.59 Å². The van der Waals surface area contributed by atoms with Gasteiger partial charge in [-0.05, 0) is 30.4 Å². The standard InChI is InChI=1S/C14H12N4O2/c15-6-12-9(8-2-1-3-8)4-11(17-18-12)10-7-16-14(20)5-13(10)19/h4,7-8H,1-3,5H2,(H,16,20). The van der Waals surface area contributed by atoms with Gasteiger partial charge in [0.15, 0.2) is 11.5 Å². The molecule has 6 nitrogen and oxygen atoms in total. The van der Waals surface area contributed by atoms with Crippen LogP contribution >= 0.6 is 0 Å². The van der Waals surface area contributed by atoms with Crippen LogP contribution in [0.1, 0.15) is 48.6 Å². The van der Waals surface area contributed by atoms with Crippen LogP contribution in [0.25, 0.3) is 5.57 Å². The summed E-state index contributed by atoms with van der Waals surface area (Å²) in [6.07, 6.45) is 4.40. The fourth-order valence-corrected chi connectivity index (χ4v) is 2.40. The number of carbonyl (C=O) groups is 2. The SMILES string of the molecule is N#Cc1nnc(C2=CNC(=O)CC2=O)cc1C1CCC1. The highest BCUT2D eigenvalue weighted by Gasteiger charge is 2.27. The fraction of sp³-hybridized carbons (Fsp3) is 0.357. The maximum atomic E-state index is 11.9. The Morgan fingerprint density at radius 3 is 2.70 bits per heavy atom. The van der Waals surface area contributed by atoms with Crippen LogP contribution in [0.4, 0.5) is 0 Å². The molecule has 1 aliphatic heterocycles.